The Morgan fingerprint density at radius 1 is 1.58 bits per heavy atom. The number of nitrogens with zero attached hydrogens (tertiary/aromatic N) is 3. The number of carbonyl (C=O) groups excluding carboxylic acids is 1. The molecule has 1 saturated heterocycles. The fraction of sp³-hybridized carbons (Fsp3) is 0.417. The number of carbonyl (C=O) groups is 2. The van der Waals surface area contributed by atoms with Gasteiger partial charge in [0.1, 0.15) is 0 Å². The van der Waals surface area contributed by atoms with Crippen LogP contribution in [0.25, 0.3) is 6.08 Å². The van der Waals surface area contributed by atoms with E-state index in [1.807, 2.05) is 0 Å². The van der Waals surface area contributed by atoms with Crippen molar-refractivity contribution < 1.29 is 19.4 Å². The van der Waals surface area contributed by atoms with Gasteiger partial charge in [0.15, 0.2) is 6.04 Å². The van der Waals surface area contributed by atoms with Crippen LogP contribution in [-0.2, 0) is 21.4 Å². The van der Waals surface area contributed by atoms with E-state index in [4.69, 9.17) is 9.84 Å². The van der Waals surface area contributed by atoms with Crippen molar-refractivity contribution in [3.63, 3.8) is 0 Å². The van der Waals surface area contributed by atoms with Crippen LogP contribution in [-0.4, -0.2) is 57.5 Å². The fourth-order valence-electron chi connectivity index (χ4n) is 1.86. The van der Waals surface area contributed by atoms with Crippen molar-refractivity contribution in [2.45, 2.75) is 6.04 Å². The van der Waals surface area contributed by atoms with Gasteiger partial charge in [-0.05, 0) is 6.08 Å². The molecule has 1 N–H and O–H groups in total. The lowest BCUT2D eigenvalue weighted by Crippen LogP contribution is -2.52. The Balaban J connectivity index is 2.05. The molecule has 0 aliphatic carbocycles. The zero-order valence-electron chi connectivity index (χ0n) is 10.5. The number of rotatable bonds is 3. The molecule has 1 atom stereocenters. The minimum atomic E-state index is -1.05. The smallest absolute Gasteiger partial charge is 0.328 e. The molecule has 1 aliphatic heterocycles. The Morgan fingerprint density at radius 2 is 2.37 bits per heavy atom. The summed E-state index contributed by atoms with van der Waals surface area (Å²) >= 11 is 0. The summed E-state index contributed by atoms with van der Waals surface area (Å²) in [6.07, 6.45) is 6.36. The molecule has 0 aromatic carbocycles. The van der Waals surface area contributed by atoms with E-state index in [1.165, 1.54) is 11.0 Å². The lowest BCUT2D eigenvalue weighted by atomic mass is 10.2. The average Bonchev–Trinajstić information content (AvgIpc) is 2.81. The molecular weight excluding hydrogens is 250 g/mol. The van der Waals surface area contributed by atoms with Gasteiger partial charge in [-0.25, -0.2) is 4.79 Å². The van der Waals surface area contributed by atoms with Gasteiger partial charge in [0.25, 0.3) is 0 Å². The lowest BCUT2D eigenvalue weighted by molar-refractivity contribution is -0.156. The SMILES string of the molecule is Cn1cc(/C=C/C(=O)N2CCOCC2C(=O)O)cn1. The van der Waals surface area contributed by atoms with E-state index in [0.29, 0.717) is 6.61 Å². The second kappa shape index (κ2) is 5.66. The largest absolute Gasteiger partial charge is 0.480 e. The highest BCUT2D eigenvalue weighted by Crippen LogP contribution is 2.09. The monoisotopic (exact) mass is 265 g/mol. The number of carboxylic acids is 1. The van der Waals surface area contributed by atoms with E-state index in [1.54, 1.807) is 30.2 Å². The third-order valence-electron chi connectivity index (χ3n) is 2.84. The van der Waals surface area contributed by atoms with Crippen LogP contribution in [0.1, 0.15) is 5.56 Å². The molecule has 1 fully saturated rings. The van der Waals surface area contributed by atoms with Crippen molar-refractivity contribution in [2.75, 3.05) is 19.8 Å². The Bertz CT molecular complexity index is 509. The van der Waals surface area contributed by atoms with Gasteiger partial charge in [-0.1, -0.05) is 0 Å². The van der Waals surface area contributed by atoms with Gasteiger partial charge < -0.3 is 14.7 Å². The molecular formula is C12H15N3O4. The van der Waals surface area contributed by atoms with Gasteiger partial charge in [0.2, 0.25) is 5.91 Å². The van der Waals surface area contributed by atoms with Crippen molar-refractivity contribution in [1.29, 1.82) is 0 Å². The molecule has 19 heavy (non-hydrogen) atoms. The van der Waals surface area contributed by atoms with E-state index in [0.717, 1.165) is 5.56 Å². The summed E-state index contributed by atoms with van der Waals surface area (Å²) in [6.45, 7) is 0.672. The fourth-order valence-corrected chi connectivity index (χ4v) is 1.86. The Hall–Kier alpha value is -2.15. The first-order valence-corrected chi connectivity index (χ1v) is 5.86. The highest BCUT2D eigenvalue weighted by Gasteiger charge is 2.31. The van der Waals surface area contributed by atoms with Crippen LogP contribution in [0.5, 0.6) is 0 Å². The number of hydrogen-bond acceptors (Lipinski definition) is 4. The van der Waals surface area contributed by atoms with E-state index >= 15 is 0 Å². The molecule has 2 rings (SSSR count). The number of carboxylic acid groups (broad SMARTS) is 1. The van der Waals surface area contributed by atoms with Crippen molar-refractivity contribution in [1.82, 2.24) is 14.7 Å². The van der Waals surface area contributed by atoms with Crippen molar-refractivity contribution in [3.8, 4) is 0 Å². The maximum atomic E-state index is 12.0. The zero-order chi connectivity index (χ0) is 13.8. The third-order valence-corrected chi connectivity index (χ3v) is 2.84. The minimum Gasteiger partial charge on any atom is -0.480 e. The number of amides is 1. The van der Waals surface area contributed by atoms with Crippen LogP contribution < -0.4 is 0 Å². The Labute approximate surface area is 110 Å². The van der Waals surface area contributed by atoms with E-state index in [9.17, 15) is 9.59 Å². The quantitative estimate of drug-likeness (QED) is 0.761. The number of hydrogen-bond donors (Lipinski definition) is 1. The lowest BCUT2D eigenvalue weighted by Gasteiger charge is -2.31. The molecule has 102 valence electrons. The summed E-state index contributed by atoms with van der Waals surface area (Å²) in [5.41, 5.74) is 0.788. The van der Waals surface area contributed by atoms with Crippen molar-refractivity contribution >= 4 is 18.0 Å². The van der Waals surface area contributed by atoms with Crippen LogP contribution in [0.2, 0.25) is 0 Å². The first kappa shape index (κ1) is 13.3. The van der Waals surface area contributed by atoms with E-state index in [-0.39, 0.29) is 19.1 Å². The molecule has 0 saturated carbocycles. The number of morpholine rings is 1. The maximum absolute atomic E-state index is 12.0. The predicted molar refractivity (Wildman–Crippen MR) is 66.2 cm³/mol. The van der Waals surface area contributed by atoms with Crippen LogP contribution in [0.4, 0.5) is 0 Å². The summed E-state index contributed by atoms with van der Waals surface area (Å²) in [4.78, 5) is 24.3. The second-order valence-corrected chi connectivity index (χ2v) is 4.24. The van der Waals surface area contributed by atoms with Gasteiger partial charge in [-0.3, -0.25) is 9.48 Å². The number of aliphatic carboxylic acids is 1. The molecule has 1 aromatic rings. The molecule has 0 radical (unpaired) electrons. The van der Waals surface area contributed by atoms with Crippen molar-refractivity contribution in [3.05, 3.63) is 24.0 Å². The van der Waals surface area contributed by atoms with Crippen LogP contribution in [0, 0.1) is 0 Å². The molecule has 1 aliphatic rings. The van der Waals surface area contributed by atoms with E-state index < -0.39 is 12.0 Å². The summed E-state index contributed by atoms with van der Waals surface area (Å²) < 4.78 is 6.70. The van der Waals surface area contributed by atoms with Crippen molar-refractivity contribution in [2.24, 2.45) is 7.05 Å². The van der Waals surface area contributed by atoms with Gasteiger partial charge >= 0.3 is 5.97 Å². The Morgan fingerprint density at radius 3 is 3.00 bits per heavy atom. The maximum Gasteiger partial charge on any atom is 0.328 e. The molecule has 0 spiro atoms. The topological polar surface area (TPSA) is 84.7 Å². The van der Waals surface area contributed by atoms with Gasteiger partial charge in [0, 0.05) is 31.4 Å². The van der Waals surface area contributed by atoms with Gasteiger partial charge in [-0.15, -0.1) is 0 Å². The number of ether oxygens (including phenoxy) is 1. The van der Waals surface area contributed by atoms with Gasteiger partial charge in [0.05, 0.1) is 19.4 Å². The minimum absolute atomic E-state index is 0.0296. The van der Waals surface area contributed by atoms with E-state index in [2.05, 4.69) is 5.10 Å². The summed E-state index contributed by atoms with van der Waals surface area (Å²) in [5.74, 6) is -1.39. The first-order valence-electron chi connectivity index (χ1n) is 5.86. The summed E-state index contributed by atoms with van der Waals surface area (Å²) in [5, 5.41) is 13.0. The third kappa shape index (κ3) is 3.19. The molecule has 1 amide bonds. The van der Waals surface area contributed by atoms with Crippen LogP contribution in [0.3, 0.4) is 0 Å². The van der Waals surface area contributed by atoms with Gasteiger partial charge in [-0.2, -0.15) is 5.10 Å². The molecule has 7 heteroatoms. The van der Waals surface area contributed by atoms with Crippen LogP contribution >= 0.6 is 0 Å². The number of aromatic nitrogens is 2. The summed E-state index contributed by atoms with van der Waals surface area (Å²) in [6, 6.07) is -0.917. The first-order chi connectivity index (χ1) is 9.08. The summed E-state index contributed by atoms with van der Waals surface area (Å²) in [7, 11) is 1.78. The highest BCUT2D eigenvalue weighted by molar-refractivity contribution is 5.94. The standard InChI is InChI=1S/C12H15N3O4/c1-14-7-9(6-13-14)2-3-11(16)15-4-5-19-8-10(15)12(17)18/h2-3,6-7,10H,4-5,8H2,1H3,(H,17,18)/b3-2+. The molecule has 1 aromatic heterocycles. The molecule has 7 nitrogen and oxygen atoms in total. The average molecular weight is 265 g/mol. The second-order valence-electron chi connectivity index (χ2n) is 4.24. The molecule has 0 bridgehead atoms. The molecule has 2 heterocycles. The molecule has 1 unspecified atom stereocenters. The Kier molecular flexibility index (Phi) is 3.96. The highest BCUT2D eigenvalue weighted by atomic mass is 16.5. The number of aryl methyl sites for hydroxylation is 1. The normalized spacial score (nSPS) is 19.8. The predicted octanol–water partition coefficient (Wildman–Crippen LogP) is -0.255. The zero-order valence-corrected chi connectivity index (χ0v) is 10.5. The van der Waals surface area contributed by atoms with Crippen LogP contribution in [0.15, 0.2) is 18.5 Å².